The molecule has 1 amide bonds. The standard InChI is InChI=1S/C25H36N4O2/c1-19(2)18-31-23-11-9-20(10-12-23)13-15-27-25(26-3)28-16-14-21-7-6-8-22(17-21)24(30)29(4)5/h6-12,17,19H,13-16,18H2,1-5H3,(H2,26,27,28). The highest BCUT2D eigenvalue weighted by Gasteiger charge is 2.08. The summed E-state index contributed by atoms with van der Waals surface area (Å²) in [5.41, 5.74) is 3.09. The third kappa shape index (κ3) is 8.70. The van der Waals surface area contributed by atoms with Crippen LogP contribution in [0.25, 0.3) is 0 Å². The highest BCUT2D eigenvalue weighted by molar-refractivity contribution is 5.94. The zero-order valence-electron chi connectivity index (χ0n) is 19.4. The summed E-state index contributed by atoms with van der Waals surface area (Å²) >= 11 is 0. The largest absolute Gasteiger partial charge is 0.493 e. The molecule has 0 aliphatic heterocycles. The summed E-state index contributed by atoms with van der Waals surface area (Å²) in [5.74, 6) is 2.23. The molecule has 31 heavy (non-hydrogen) atoms. The first-order valence-corrected chi connectivity index (χ1v) is 10.9. The van der Waals surface area contributed by atoms with E-state index < -0.39 is 0 Å². The predicted octanol–water partition coefficient (Wildman–Crippen LogP) is 3.37. The fourth-order valence-electron chi connectivity index (χ4n) is 3.00. The van der Waals surface area contributed by atoms with Gasteiger partial charge in [-0.15, -0.1) is 0 Å². The van der Waals surface area contributed by atoms with Gasteiger partial charge in [0.2, 0.25) is 0 Å². The second-order valence-corrected chi connectivity index (χ2v) is 8.17. The molecule has 0 fully saturated rings. The third-order valence-electron chi connectivity index (χ3n) is 4.72. The molecular formula is C25H36N4O2. The summed E-state index contributed by atoms with van der Waals surface area (Å²) < 4.78 is 5.73. The molecule has 0 aromatic heterocycles. The van der Waals surface area contributed by atoms with Gasteiger partial charge in [-0.2, -0.15) is 0 Å². The Balaban J connectivity index is 1.73. The molecule has 0 spiro atoms. The monoisotopic (exact) mass is 424 g/mol. The molecule has 2 rings (SSSR count). The molecule has 0 saturated heterocycles. The lowest BCUT2D eigenvalue weighted by Gasteiger charge is -2.13. The van der Waals surface area contributed by atoms with Crippen molar-refractivity contribution in [2.24, 2.45) is 10.9 Å². The average Bonchev–Trinajstić information content (AvgIpc) is 2.77. The first-order valence-electron chi connectivity index (χ1n) is 10.9. The first kappa shape index (κ1) is 24.3. The summed E-state index contributed by atoms with van der Waals surface area (Å²) in [7, 11) is 5.30. The van der Waals surface area contributed by atoms with Crippen LogP contribution in [0.3, 0.4) is 0 Å². The minimum atomic E-state index is 0.0202. The Kier molecular flexibility index (Phi) is 9.88. The summed E-state index contributed by atoms with van der Waals surface area (Å²) in [6.07, 6.45) is 1.72. The van der Waals surface area contributed by atoms with Gasteiger partial charge in [0.05, 0.1) is 6.61 Å². The maximum absolute atomic E-state index is 12.1. The van der Waals surface area contributed by atoms with Crippen molar-refractivity contribution in [3.8, 4) is 5.75 Å². The maximum atomic E-state index is 12.1. The van der Waals surface area contributed by atoms with Gasteiger partial charge in [-0.05, 0) is 54.2 Å². The molecule has 2 N–H and O–H groups in total. The van der Waals surface area contributed by atoms with Crippen LogP contribution in [0.1, 0.15) is 35.3 Å². The molecule has 0 heterocycles. The van der Waals surface area contributed by atoms with Crippen LogP contribution in [0.15, 0.2) is 53.5 Å². The van der Waals surface area contributed by atoms with E-state index in [9.17, 15) is 4.79 Å². The van der Waals surface area contributed by atoms with Gasteiger partial charge in [0.15, 0.2) is 5.96 Å². The lowest BCUT2D eigenvalue weighted by Crippen LogP contribution is -2.39. The molecule has 2 aromatic rings. The van der Waals surface area contributed by atoms with Crippen molar-refractivity contribution in [1.82, 2.24) is 15.5 Å². The number of benzene rings is 2. The molecule has 6 heteroatoms. The number of ether oxygens (including phenoxy) is 1. The fraction of sp³-hybridized carbons (Fsp3) is 0.440. The van der Waals surface area contributed by atoms with E-state index in [1.165, 1.54) is 5.56 Å². The molecule has 0 aliphatic rings. The van der Waals surface area contributed by atoms with Crippen LogP contribution in [0, 0.1) is 5.92 Å². The zero-order valence-corrected chi connectivity index (χ0v) is 19.4. The zero-order chi connectivity index (χ0) is 22.6. The van der Waals surface area contributed by atoms with Crippen molar-refractivity contribution in [3.63, 3.8) is 0 Å². The molecule has 168 valence electrons. The van der Waals surface area contributed by atoms with Crippen molar-refractivity contribution in [3.05, 3.63) is 65.2 Å². The molecule has 0 radical (unpaired) electrons. The first-order chi connectivity index (χ1) is 14.9. The summed E-state index contributed by atoms with van der Waals surface area (Å²) in [4.78, 5) is 18.0. The Morgan fingerprint density at radius 2 is 1.65 bits per heavy atom. The number of carbonyl (C=O) groups excluding carboxylic acids is 1. The van der Waals surface area contributed by atoms with E-state index in [1.807, 2.05) is 36.4 Å². The molecule has 0 atom stereocenters. The second kappa shape index (κ2) is 12.6. The number of nitrogens with zero attached hydrogens (tertiary/aromatic N) is 2. The average molecular weight is 425 g/mol. The summed E-state index contributed by atoms with van der Waals surface area (Å²) in [6, 6.07) is 16.0. The second-order valence-electron chi connectivity index (χ2n) is 8.17. The maximum Gasteiger partial charge on any atom is 0.253 e. The number of hydrogen-bond acceptors (Lipinski definition) is 3. The number of hydrogen-bond donors (Lipinski definition) is 2. The van der Waals surface area contributed by atoms with E-state index >= 15 is 0 Å². The van der Waals surface area contributed by atoms with E-state index in [-0.39, 0.29) is 5.91 Å². The van der Waals surface area contributed by atoms with Crippen molar-refractivity contribution in [2.75, 3.05) is 40.8 Å². The van der Waals surface area contributed by atoms with Crippen LogP contribution >= 0.6 is 0 Å². The van der Waals surface area contributed by atoms with E-state index in [0.717, 1.165) is 49.8 Å². The number of rotatable bonds is 10. The Morgan fingerprint density at radius 1 is 1.00 bits per heavy atom. The Labute approximate surface area is 186 Å². The summed E-state index contributed by atoms with van der Waals surface area (Å²) in [6.45, 7) is 6.55. The number of aliphatic imine (C=N–C) groups is 1. The Hall–Kier alpha value is -3.02. The molecule has 0 aliphatic carbocycles. The van der Waals surface area contributed by atoms with Crippen LogP contribution in [-0.2, 0) is 12.8 Å². The number of guanidine groups is 1. The molecule has 0 bridgehead atoms. The van der Waals surface area contributed by atoms with Gasteiger partial charge in [-0.3, -0.25) is 9.79 Å². The van der Waals surface area contributed by atoms with E-state index in [2.05, 4.69) is 41.6 Å². The molecular weight excluding hydrogens is 388 g/mol. The van der Waals surface area contributed by atoms with Crippen molar-refractivity contribution < 1.29 is 9.53 Å². The van der Waals surface area contributed by atoms with Crippen LogP contribution in [0.5, 0.6) is 5.75 Å². The lowest BCUT2D eigenvalue weighted by molar-refractivity contribution is 0.0827. The Bertz CT molecular complexity index is 845. The predicted molar refractivity (Wildman–Crippen MR) is 128 cm³/mol. The van der Waals surface area contributed by atoms with E-state index in [1.54, 1.807) is 26.0 Å². The number of amides is 1. The smallest absolute Gasteiger partial charge is 0.253 e. The quantitative estimate of drug-likeness (QED) is 0.453. The van der Waals surface area contributed by atoms with Crippen LogP contribution in [0.4, 0.5) is 0 Å². The van der Waals surface area contributed by atoms with Gasteiger partial charge >= 0.3 is 0 Å². The Morgan fingerprint density at radius 3 is 2.23 bits per heavy atom. The highest BCUT2D eigenvalue weighted by atomic mass is 16.5. The summed E-state index contributed by atoms with van der Waals surface area (Å²) in [5, 5.41) is 6.69. The third-order valence-corrected chi connectivity index (χ3v) is 4.72. The molecule has 6 nitrogen and oxygen atoms in total. The molecule has 0 unspecified atom stereocenters. The van der Waals surface area contributed by atoms with Gasteiger partial charge < -0.3 is 20.3 Å². The normalized spacial score (nSPS) is 11.4. The van der Waals surface area contributed by atoms with Gasteiger partial charge in [-0.1, -0.05) is 38.1 Å². The fourth-order valence-corrected chi connectivity index (χ4v) is 3.00. The van der Waals surface area contributed by atoms with Crippen molar-refractivity contribution in [1.29, 1.82) is 0 Å². The highest BCUT2D eigenvalue weighted by Crippen LogP contribution is 2.13. The number of carbonyl (C=O) groups is 1. The SMILES string of the molecule is CN=C(NCCc1ccc(OCC(C)C)cc1)NCCc1cccc(C(=O)N(C)C)c1. The van der Waals surface area contributed by atoms with Gasteiger partial charge in [-0.25, -0.2) is 0 Å². The minimum Gasteiger partial charge on any atom is -0.493 e. The van der Waals surface area contributed by atoms with E-state index in [4.69, 9.17) is 4.74 Å². The topological polar surface area (TPSA) is 66.0 Å². The van der Waals surface area contributed by atoms with Crippen LogP contribution in [-0.4, -0.2) is 57.6 Å². The van der Waals surface area contributed by atoms with Gasteiger partial charge in [0, 0.05) is 39.8 Å². The van der Waals surface area contributed by atoms with Crippen molar-refractivity contribution >= 4 is 11.9 Å². The van der Waals surface area contributed by atoms with Crippen LogP contribution in [0.2, 0.25) is 0 Å². The minimum absolute atomic E-state index is 0.0202. The van der Waals surface area contributed by atoms with E-state index in [0.29, 0.717) is 11.5 Å². The number of nitrogens with one attached hydrogen (secondary N) is 2. The molecule has 2 aromatic carbocycles. The van der Waals surface area contributed by atoms with Crippen molar-refractivity contribution in [2.45, 2.75) is 26.7 Å². The van der Waals surface area contributed by atoms with Gasteiger partial charge in [0.25, 0.3) is 5.91 Å². The molecule has 0 saturated carbocycles. The van der Waals surface area contributed by atoms with Gasteiger partial charge in [0.1, 0.15) is 5.75 Å². The lowest BCUT2D eigenvalue weighted by atomic mass is 10.1. The van der Waals surface area contributed by atoms with Crippen LogP contribution < -0.4 is 15.4 Å².